The minimum absolute atomic E-state index is 0.0927. The fraction of sp³-hybridized carbons (Fsp3) is 0.533. The van der Waals surface area contributed by atoms with Crippen LogP contribution >= 0.6 is 15.9 Å². The van der Waals surface area contributed by atoms with Crippen molar-refractivity contribution in [3.05, 3.63) is 28.2 Å². The number of hydrogen-bond acceptors (Lipinski definition) is 4. The van der Waals surface area contributed by atoms with Gasteiger partial charge in [-0.05, 0) is 60.3 Å². The Hall–Kier alpha value is -1.07. The molecule has 1 aromatic rings. The highest BCUT2D eigenvalue weighted by Crippen LogP contribution is 2.26. The third kappa shape index (κ3) is 5.92. The van der Waals surface area contributed by atoms with Crippen LogP contribution in [0.1, 0.15) is 32.8 Å². The molecule has 5 heteroatoms. The molecule has 0 aliphatic carbocycles. The molecule has 0 spiro atoms. The normalized spacial score (nSPS) is 12.3. The molecule has 0 saturated heterocycles. The lowest BCUT2D eigenvalue weighted by Gasteiger charge is -2.12. The number of hydrogen-bond donors (Lipinski definition) is 1. The second-order valence-electron chi connectivity index (χ2n) is 4.96. The standard InChI is InChI=1S/C15H22BrNO3/c1-4-12(17)7-11-5-6-14(13(16)8-11)19-9-15(18)20-10(2)3/h5-6,8,10,12H,4,7,9,17H2,1-3H3. The minimum Gasteiger partial charge on any atom is -0.481 e. The van der Waals surface area contributed by atoms with Gasteiger partial charge in [-0.25, -0.2) is 4.79 Å². The summed E-state index contributed by atoms with van der Waals surface area (Å²) in [7, 11) is 0. The first-order valence-corrected chi connectivity index (χ1v) is 7.58. The first kappa shape index (κ1) is 17.0. The molecule has 0 saturated carbocycles. The summed E-state index contributed by atoms with van der Waals surface area (Å²) in [6.45, 7) is 5.58. The molecule has 0 bridgehead atoms. The van der Waals surface area contributed by atoms with Crippen LogP contribution in [0.2, 0.25) is 0 Å². The van der Waals surface area contributed by atoms with E-state index in [4.69, 9.17) is 15.2 Å². The zero-order valence-corrected chi connectivity index (χ0v) is 13.8. The van der Waals surface area contributed by atoms with Crippen LogP contribution in [0.25, 0.3) is 0 Å². The van der Waals surface area contributed by atoms with Crippen molar-refractivity contribution in [3.63, 3.8) is 0 Å². The second kappa shape index (κ2) is 8.27. The van der Waals surface area contributed by atoms with Gasteiger partial charge in [-0.1, -0.05) is 13.0 Å². The largest absolute Gasteiger partial charge is 0.481 e. The van der Waals surface area contributed by atoms with E-state index in [0.717, 1.165) is 22.9 Å². The smallest absolute Gasteiger partial charge is 0.344 e. The SMILES string of the molecule is CCC(N)Cc1ccc(OCC(=O)OC(C)C)c(Br)c1. The van der Waals surface area contributed by atoms with Crippen molar-refractivity contribution >= 4 is 21.9 Å². The quantitative estimate of drug-likeness (QED) is 0.773. The molecule has 0 aliphatic rings. The average Bonchev–Trinajstić information content (AvgIpc) is 2.36. The Kier molecular flexibility index (Phi) is 7.02. The molecule has 0 aliphatic heterocycles. The van der Waals surface area contributed by atoms with Crippen molar-refractivity contribution < 1.29 is 14.3 Å². The van der Waals surface area contributed by atoms with Crippen LogP contribution < -0.4 is 10.5 Å². The predicted molar refractivity (Wildman–Crippen MR) is 82.8 cm³/mol. The summed E-state index contributed by atoms with van der Waals surface area (Å²) >= 11 is 3.44. The average molecular weight is 344 g/mol. The van der Waals surface area contributed by atoms with Gasteiger partial charge in [0.25, 0.3) is 0 Å². The summed E-state index contributed by atoms with van der Waals surface area (Å²) in [5.41, 5.74) is 7.07. The molecule has 112 valence electrons. The summed E-state index contributed by atoms with van der Waals surface area (Å²) in [5.74, 6) is 0.253. The molecule has 20 heavy (non-hydrogen) atoms. The first-order chi connectivity index (χ1) is 9.42. The molecule has 0 amide bonds. The van der Waals surface area contributed by atoms with Gasteiger partial charge in [0.1, 0.15) is 5.75 Å². The van der Waals surface area contributed by atoms with E-state index in [2.05, 4.69) is 22.9 Å². The Balaban J connectivity index is 2.57. The van der Waals surface area contributed by atoms with Gasteiger partial charge in [0.15, 0.2) is 6.61 Å². The Morgan fingerprint density at radius 3 is 2.65 bits per heavy atom. The van der Waals surface area contributed by atoms with Gasteiger partial charge in [0.2, 0.25) is 0 Å². The Bertz CT molecular complexity index is 449. The van der Waals surface area contributed by atoms with Crippen LogP contribution in [-0.4, -0.2) is 24.7 Å². The van der Waals surface area contributed by atoms with Gasteiger partial charge in [0, 0.05) is 6.04 Å². The fourth-order valence-corrected chi connectivity index (χ4v) is 2.21. The lowest BCUT2D eigenvalue weighted by Crippen LogP contribution is -2.21. The van der Waals surface area contributed by atoms with Crippen LogP contribution in [0.15, 0.2) is 22.7 Å². The molecule has 4 nitrogen and oxygen atoms in total. The molecule has 1 atom stereocenters. The fourth-order valence-electron chi connectivity index (χ4n) is 1.67. The van der Waals surface area contributed by atoms with Crippen molar-refractivity contribution in [1.82, 2.24) is 0 Å². The summed E-state index contributed by atoms with van der Waals surface area (Å²) in [6, 6.07) is 5.93. The number of esters is 1. The van der Waals surface area contributed by atoms with Crippen LogP contribution in [-0.2, 0) is 16.0 Å². The van der Waals surface area contributed by atoms with Gasteiger partial charge >= 0.3 is 5.97 Å². The topological polar surface area (TPSA) is 61.5 Å². The third-order valence-corrected chi connectivity index (χ3v) is 3.35. The van der Waals surface area contributed by atoms with Crippen molar-refractivity contribution in [3.8, 4) is 5.75 Å². The van der Waals surface area contributed by atoms with E-state index in [0.29, 0.717) is 5.75 Å². The van der Waals surface area contributed by atoms with Gasteiger partial charge < -0.3 is 15.2 Å². The van der Waals surface area contributed by atoms with Crippen LogP contribution in [0, 0.1) is 0 Å². The van der Waals surface area contributed by atoms with Crippen LogP contribution in [0.4, 0.5) is 0 Å². The monoisotopic (exact) mass is 343 g/mol. The van der Waals surface area contributed by atoms with Crippen molar-refractivity contribution in [2.45, 2.75) is 45.8 Å². The number of carbonyl (C=O) groups is 1. The number of halogens is 1. The number of rotatable bonds is 7. The van der Waals surface area contributed by atoms with Gasteiger partial charge in [-0.15, -0.1) is 0 Å². The lowest BCUT2D eigenvalue weighted by atomic mass is 10.0. The first-order valence-electron chi connectivity index (χ1n) is 6.78. The number of carbonyl (C=O) groups excluding carboxylic acids is 1. The maximum absolute atomic E-state index is 11.4. The van der Waals surface area contributed by atoms with E-state index in [-0.39, 0.29) is 24.7 Å². The molecule has 0 radical (unpaired) electrons. The summed E-state index contributed by atoms with van der Waals surface area (Å²) in [4.78, 5) is 11.4. The molecular weight excluding hydrogens is 322 g/mol. The Labute approximate surface area is 128 Å². The van der Waals surface area contributed by atoms with Gasteiger partial charge in [-0.3, -0.25) is 0 Å². The molecule has 0 fully saturated rings. The van der Waals surface area contributed by atoms with E-state index < -0.39 is 0 Å². The molecule has 0 heterocycles. The highest BCUT2D eigenvalue weighted by molar-refractivity contribution is 9.10. The second-order valence-corrected chi connectivity index (χ2v) is 5.82. The molecule has 1 aromatic carbocycles. The predicted octanol–water partition coefficient (Wildman–Crippen LogP) is 3.06. The minimum atomic E-state index is -0.371. The van der Waals surface area contributed by atoms with E-state index in [1.807, 2.05) is 18.2 Å². The maximum atomic E-state index is 11.4. The van der Waals surface area contributed by atoms with Crippen LogP contribution in [0.5, 0.6) is 5.75 Å². The highest BCUT2D eigenvalue weighted by Gasteiger charge is 2.10. The zero-order valence-electron chi connectivity index (χ0n) is 12.2. The van der Waals surface area contributed by atoms with Crippen molar-refractivity contribution in [2.75, 3.05) is 6.61 Å². The summed E-state index contributed by atoms with van der Waals surface area (Å²) in [5, 5.41) is 0. The summed E-state index contributed by atoms with van der Waals surface area (Å²) in [6.07, 6.45) is 1.63. The van der Waals surface area contributed by atoms with E-state index in [1.165, 1.54) is 0 Å². The number of benzene rings is 1. The Morgan fingerprint density at radius 1 is 1.40 bits per heavy atom. The molecule has 0 aromatic heterocycles. The van der Waals surface area contributed by atoms with E-state index in [9.17, 15) is 4.79 Å². The Morgan fingerprint density at radius 2 is 2.10 bits per heavy atom. The maximum Gasteiger partial charge on any atom is 0.344 e. The molecule has 1 rings (SSSR count). The third-order valence-electron chi connectivity index (χ3n) is 2.73. The lowest BCUT2D eigenvalue weighted by molar-refractivity contribution is -0.149. The van der Waals surface area contributed by atoms with E-state index >= 15 is 0 Å². The molecular formula is C15H22BrNO3. The van der Waals surface area contributed by atoms with Crippen molar-refractivity contribution in [2.24, 2.45) is 5.73 Å². The highest BCUT2D eigenvalue weighted by atomic mass is 79.9. The number of ether oxygens (including phenoxy) is 2. The van der Waals surface area contributed by atoms with Crippen LogP contribution in [0.3, 0.4) is 0 Å². The number of nitrogens with two attached hydrogens (primary N) is 1. The zero-order chi connectivity index (χ0) is 15.1. The molecule has 1 unspecified atom stereocenters. The molecule has 2 N–H and O–H groups in total. The van der Waals surface area contributed by atoms with Gasteiger partial charge in [0.05, 0.1) is 10.6 Å². The van der Waals surface area contributed by atoms with Gasteiger partial charge in [-0.2, -0.15) is 0 Å². The van der Waals surface area contributed by atoms with E-state index in [1.54, 1.807) is 13.8 Å². The van der Waals surface area contributed by atoms with Crippen molar-refractivity contribution in [1.29, 1.82) is 0 Å². The summed E-state index contributed by atoms with van der Waals surface area (Å²) < 4.78 is 11.3.